The van der Waals surface area contributed by atoms with Crippen molar-refractivity contribution in [1.82, 2.24) is 4.98 Å². The normalized spacial score (nSPS) is 11.9. The van der Waals surface area contributed by atoms with Crippen molar-refractivity contribution >= 4 is 36.6 Å². The largest absolute Gasteiger partial charge is 0.477 e. The lowest BCUT2D eigenvalue weighted by molar-refractivity contribution is 0.0691. The first kappa shape index (κ1) is 12.9. The minimum atomic E-state index is -3.84. The molecule has 0 amide bonds. The number of carbonyl (C=O) groups is 1. The first-order valence-corrected chi connectivity index (χ1v) is 7.48. The molecule has 7 heteroatoms. The number of H-pyrrole nitrogens is 1. The number of aromatic nitrogens is 1. The van der Waals surface area contributed by atoms with Crippen molar-refractivity contribution in [3.63, 3.8) is 0 Å². The highest BCUT2D eigenvalue weighted by Gasteiger charge is 2.19. The molecule has 0 bridgehead atoms. The molecule has 0 aliphatic rings. The number of hydrogen-bond acceptors (Lipinski definition) is 3. The third-order valence-corrected chi connectivity index (χ3v) is 4.13. The van der Waals surface area contributed by atoms with Gasteiger partial charge in [-0.25, -0.2) is 13.2 Å². The Labute approximate surface area is 108 Å². The zero-order valence-electron chi connectivity index (χ0n) is 9.40. The van der Waals surface area contributed by atoms with Gasteiger partial charge in [0.25, 0.3) is 9.05 Å². The fraction of sp³-hybridized carbons (Fsp3) is 0.182. The Morgan fingerprint density at radius 3 is 2.61 bits per heavy atom. The van der Waals surface area contributed by atoms with Crippen LogP contribution in [0.4, 0.5) is 0 Å². The van der Waals surface area contributed by atoms with E-state index in [1.165, 1.54) is 18.2 Å². The van der Waals surface area contributed by atoms with Gasteiger partial charge < -0.3 is 10.1 Å². The third-order valence-electron chi connectivity index (χ3n) is 2.72. The lowest BCUT2D eigenvalue weighted by atomic mass is 10.1. The Morgan fingerprint density at radius 1 is 1.44 bits per heavy atom. The van der Waals surface area contributed by atoms with E-state index in [1.54, 1.807) is 6.92 Å². The van der Waals surface area contributed by atoms with Gasteiger partial charge in [-0.1, -0.05) is 6.92 Å². The number of carboxylic acids is 1. The molecule has 1 aromatic carbocycles. The summed E-state index contributed by atoms with van der Waals surface area (Å²) in [5.74, 6) is -1.09. The average Bonchev–Trinajstić information content (AvgIpc) is 2.69. The van der Waals surface area contributed by atoms with Crippen LogP contribution in [0, 0.1) is 0 Å². The fourth-order valence-electron chi connectivity index (χ4n) is 1.95. The molecule has 0 spiro atoms. The van der Waals surface area contributed by atoms with Gasteiger partial charge in [-0.15, -0.1) is 0 Å². The van der Waals surface area contributed by atoms with Gasteiger partial charge in [0.05, 0.1) is 4.90 Å². The first-order chi connectivity index (χ1) is 8.34. The van der Waals surface area contributed by atoms with E-state index in [0.29, 0.717) is 22.9 Å². The minimum Gasteiger partial charge on any atom is -0.477 e. The molecule has 18 heavy (non-hydrogen) atoms. The van der Waals surface area contributed by atoms with Crippen molar-refractivity contribution in [1.29, 1.82) is 0 Å². The minimum absolute atomic E-state index is 0.0174. The molecule has 1 heterocycles. The molecular weight excluding hydrogens is 278 g/mol. The average molecular weight is 288 g/mol. The highest BCUT2D eigenvalue weighted by Crippen LogP contribution is 2.29. The lowest BCUT2D eigenvalue weighted by Gasteiger charge is -2.05. The number of halogens is 1. The molecule has 0 aliphatic carbocycles. The number of aromatic carboxylic acids is 1. The van der Waals surface area contributed by atoms with E-state index in [2.05, 4.69) is 4.98 Å². The van der Waals surface area contributed by atoms with Gasteiger partial charge in [-0.2, -0.15) is 0 Å². The number of benzene rings is 1. The number of rotatable bonds is 3. The fourth-order valence-corrected chi connectivity index (χ4v) is 3.17. The van der Waals surface area contributed by atoms with E-state index < -0.39 is 15.0 Å². The maximum atomic E-state index is 11.4. The molecule has 0 saturated heterocycles. The van der Waals surface area contributed by atoms with Gasteiger partial charge in [0.1, 0.15) is 5.69 Å². The second kappa shape index (κ2) is 4.29. The highest BCUT2D eigenvalue weighted by atomic mass is 35.7. The SMILES string of the molecule is CCc1c(S(=O)(=O)Cl)ccc2[nH]c(C(=O)O)cc12. The van der Waals surface area contributed by atoms with E-state index in [-0.39, 0.29) is 10.6 Å². The molecule has 0 unspecified atom stereocenters. The summed E-state index contributed by atoms with van der Waals surface area (Å²) in [5, 5.41) is 9.47. The van der Waals surface area contributed by atoms with Crippen molar-refractivity contribution in [2.75, 3.05) is 0 Å². The Hall–Kier alpha value is -1.53. The topological polar surface area (TPSA) is 87.2 Å². The van der Waals surface area contributed by atoms with E-state index in [0.717, 1.165) is 0 Å². The summed E-state index contributed by atoms with van der Waals surface area (Å²) in [6.07, 6.45) is 0.440. The van der Waals surface area contributed by atoms with Crippen LogP contribution in [0.1, 0.15) is 23.0 Å². The second-order valence-electron chi connectivity index (χ2n) is 3.78. The van der Waals surface area contributed by atoms with Crippen molar-refractivity contribution < 1.29 is 18.3 Å². The van der Waals surface area contributed by atoms with E-state index in [1.807, 2.05) is 0 Å². The van der Waals surface area contributed by atoms with Gasteiger partial charge in [-0.05, 0) is 30.2 Å². The maximum absolute atomic E-state index is 11.4. The molecule has 2 aromatic rings. The molecule has 2 N–H and O–H groups in total. The Bertz CT molecular complexity index is 733. The Kier molecular flexibility index (Phi) is 3.08. The molecule has 96 valence electrons. The van der Waals surface area contributed by atoms with Gasteiger partial charge >= 0.3 is 5.97 Å². The molecule has 0 saturated carbocycles. The van der Waals surface area contributed by atoms with Gasteiger partial charge in [0.2, 0.25) is 0 Å². The molecule has 1 aromatic heterocycles. The first-order valence-electron chi connectivity index (χ1n) is 5.17. The van der Waals surface area contributed by atoms with E-state index >= 15 is 0 Å². The number of hydrogen-bond donors (Lipinski definition) is 2. The van der Waals surface area contributed by atoms with Crippen LogP contribution in [0.2, 0.25) is 0 Å². The molecule has 0 fully saturated rings. The lowest BCUT2D eigenvalue weighted by Crippen LogP contribution is -1.97. The summed E-state index contributed by atoms with van der Waals surface area (Å²) in [4.78, 5) is 13.6. The van der Waals surface area contributed by atoms with Crippen LogP contribution in [-0.4, -0.2) is 24.5 Å². The van der Waals surface area contributed by atoms with Crippen molar-refractivity contribution in [3.05, 3.63) is 29.5 Å². The molecule has 2 rings (SSSR count). The smallest absolute Gasteiger partial charge is 0.352 e. The van der Waals surface area contributed by atoms with E-state index in [4.69, 9.17) is 15.8 Å². The van der Waals surface area contributed by atoms with Crippen molar-refractivity contribution in [2.45, 2.75) is 18.2 Å². The summed E-state index contributed by atoms with van der Waals surface area (Å²) >= 11 is 0. The van der Waals surface area contributed by atoms with Crippen LogP contribution < -0.4 is 0 Å². The van der Waals surface area contributed by atoms with Crippen molar-refractivity contribution in [2.24, 2.45) is 0 Å². The Morgan fingerprint density at radius 2 is 2.11 bits per heavy atom. The molecule has 0 atom stereocenters. The van der Waals surface area contributed by atoms with Crippen molar-refractivity contribution in [3.8, 4) is 0 Å². The predicted octanol–water partition coefficient (Wildman–Crippen LogP) is 2.36. The summed E-state index contributed by atoms with van der Waals surface area (Å²) in [5.41, 5.74) is 1.11. The number of aryl methyl sites for hydroxylation is 1. The zero-order chi connectivity index (χ0) is 13.5. The highest BCUT2D eigenvalue weighted by molar-refractivity contribution is 8.13. The molecule has 0 aliphatic heterocycles. The van der Waals surface area contributed by atoms with Crippen LogP contribution in [0.15, 0.2) is 23.1 Å². The molecule has 5 nitrogen and oxygen atoms in total. The van der Waals surface area contributed by atoms with Crippen LogP contribution >= 0.6 is 10.7 Å². The molecular formula is C11H10ClNO4S. The van der Waals surface area contributed by atoms with Crippen LogP contribution in [-0.2, 0) is 15.5 Å². The summed E-state index contributed by atoms with van der Waals surface area (Å²) in [7, 11) is 1.52. The van der Waals surface area contributed by atoms with Gasteiger partial charge in [-0.3, -0.25) is 0 Å². The maximum Gasteiger partial charge on any atom is 0.352 e. The summed E-state index contributed by atoms with van der Waals surface area (Å²) < 4.78 is 22.9. The predicted molar refractivity (Wildman–Crippen MR) is 67.7 cm³/mol. The number of aromatic amines is 1. The number of nitrogens with one attached hydrogen (secondary N) is 1. The van der Waals surface area contributed by atoms with Crippen LogP contribution in [0.25, 0.3) is 10.9 Å². The van der Waals surface area contributed by atoms with E-state index in [9.17, 15) is 13.2 Å². The molecule has 0 radical (unpaired) electrons. The van der Waals surface area contributed by atoms with Crippen LogP contribution in [0.3, 0.4) is 0 Å². The summed E-state index contributed by atoms with van der Waals surface area (Å²) in [6, 6.07) is 4.31. The number of fused-ring (bicyclic) bond motifs is 1. The third kappa shape index (κ3) is 2.09. The van der Waals surface area contributed by atoms with Gasteiger partial charge in [0.15, 0.2) is 0 Å². The second-order valence-corrected chi connectivity index (χ2v) is 6.32. The van der Waals surface area contributed by atoms with Gasteiger partial charge in [0, 0.05) is 21.6 Å². The zero-order valence-corrected chi connectivity index (χ0v) is 11.0. The summed E-state index contributed by atoms with van der Waals surface area (Å²) in [6.45, 7) is 1.79. The monoisotopic (exact) mass is 287 g/mol. The number of carboxylic acid groups (broad SMARTS) is 1. The Balaban J connectivity index is 2.83. The van der Waals surface area contributed by atoms with Crippen LogP contribution in [0.5, 0.6) is 0 Å². The standard InChI is InChI=1S/C11H10ClNO4S/c1-2-6-7-5-9(11(14)15)13-8(7)3-4-10(6)18(12,16)17/h3-5,13H,2H2,1H3,(H,14,15). The quantitative estimate of drug-likeness (QED) is 0.848.